The van der Waals surface area contributed by atoms with Crippen LogP contribution in [-0.2, 0) is 27.3 Å². The van der Waals surface area contributed by atoms with Crippen LogP contribution in [0.15, 0.2) is 41.4 Å². The smallest absolute Gasteiger partial charge is 0.325 e. The summed E-state index contributed by atoms with van der Waals surface area (Å²) in [6.07, 6.45) is 0.000478. The molecule has 0 aliphatic heterocycles. The Morgan fingerprint density at radius 2 is 1.93 bits per heavy atom. The molecule has 0 fully saturated rings. The van der Waals surface area contributed by atoms with Crippen molar-refractivity contribution in [1.82, 2.24) is 4.57 Å². The molecule has 0 bridgehead atoms. The van der Waals surface area contributed by atoms with Gasteiger partial charge in [0.25, 0.3) is 5.91 Å². The van der Waals surface area contributed by atoms with Gasteiger partial charge >= 0.3 is 5.97 Å². The number of carbonyl (C=O) groups excluding carboxylic acids is 2. The third kappa shape index (κ3) is 4.40. The first-order valence-corrected chi connectivity index (χ1v) is 8.94. The highest BCUT2D eigenvalue weighted by molar-refractivity contribution is 7.16. The van der Waals surface area contributed by atoms with Crippen molar-refractivity contribution in [2.24, 2.45) is 4.99 Å². The molecule has 27 heavy (non-hydrogen) atoms. The first kappa shape index (κ1) is 19.2. The highest BCUT2D eigenvalue weighted by Gasteiger charge is 2.16. The minimum absolute atomic E-state index is 0.000478. The number of fused-ring (bicyclic) bond motifs is 1. The molecule has 5 nitrogen and oxygen atoms in total. The van der Waals surface area contributed by atoms with E-state index in [4.69, 9.17) is 11.6 Å². The number of hydrogen-bond acceptors (Lipinski definition) is 4. The Kier molecular flexibility index (Phi) is 5.67. The summed E-state index contributed by atoms with van der Waals surface area (Å²) < 4.78 is 33.8. The predicted octanol–water partition coefficient (Wildman–Crippen LogP) is 3.48. The Labute approximate surface area is 161 Å². The second kappa shape index (κ2) is 7.98. The zero-order chi connectivity index (χ0) is 19.6. The van der Waals surface area contributed by atoms with E-state index < -0.39 is 23.5 Å². The molecular formula is C18H13ClF2N2O3S. The van der Waals surface area contributed by atoms with Crippen LogP contribution >= 0.6 is 22.9 Å². The van der Waals surface area contributed by atoms with Crippen LogP contribution in [0.1, 0.15) is 5.56 Å². The molecular weight excluding hydrogens is 398 g/mol. The second-order valence-electron chi connectivity index (χ2n) is 5.59. The summed E-state index contributed by atoms with van der Waals surface area (Å²) in [5, 5.41) is 0.543. The Bertz CT molecular complexity index is 1090. The van der Waals surface area contributed by atoms with Gasteiger partial charge in [-0.25, -0.2) is 8.78 Å². The second-order valence-corrected chi connectivity index (χ2v) is 7.04. The maximum atomic E-state index is 14.3. The Hall–Kier alpha value is -2.58. The minimum Gasteiger partial charge on any atom is -0.468 e. The minimum atomic E-state index is -0.850. The largest absolute Gasteiger partial charge is 0.468 e. The molecule has 3 aromatic rings. The molecule has 0 saturated heterocycles. The van der Waals surface area contributed by atoms with Gasteiger partial charge in [-0.2, -0.15) is 4.99 Å². The number of thiazole rings is 1. The molecule has 1 amide bonds. The fraction of sp³-hybridized carbons (Fsp3) is 0.167. The quantitative estimate of drug-likeness (QED) is 0.619. The Balaban J connectivity index is 2.05. The number of esters is 1. The summed E-state index contributed by atoms with van der Waals surface area (Å²) >= 11 is 6.73. The van der Waals surface area contributed by atoms with Gasteiger partial charge in [-0.15, -0.1) is 0 Å². The lowest BCUT2D eigenvalue weighted by molar-refractivity contribution is -0.141. The molecule has 3 rings (SSSR count). The van der Waals surface area contributed by atoms with Crippen LogP contribution in [0.4, 0.5) is 8.78 Å². The van der Waals surface area contributed by atoms with Gasteiger partial charge in [0.2, 0.25) is 0 Å². The number of nitrogens with zero attached hydrogens (tertiary/aromatic N) is 2. The zero-order valence-corrected chi connectivity index (χ0v) is 15.6. The van der Waals surface area contributed by atoms with Crippen LogP contribution in [0.25, 0.3) is 10.2 Å². The zero-order valence-electron chi connectivity index (χ0n) is 14.0. The number of ether oxygens (including phenoxy) is 1. The van der Waals surface area contributed by atoms with E-state index in [2.05, 4.69) is 9.73 Å². The number of benzene rings is 2. The van der Waals surface area contributed by atoms with Crippen molar-refractivity contribution < 1.29 is 23.1 Å². The van der Waals surface area contributed by atoms with Crippen molar-refractivity contribution in [1.29, 1.82) is 0 Å². The van der Waals surface area contributed by atoms with Crippen molar-refractivity contribution in [3.63, 3.8) is 0 Å². The standard InChI is InChI=1S/C18H13ClF2N2O3S/c1-26-16(25)9-23-17-13(21)7-12(20)8-14(17)27-18(23)22-15(24)6-10-2-4-11(19)5-3-10/h2-5,7-8H,6,9H2,1H3. The first-order valence-electron chi connectivity index (χ1n) is 7.74. The van der Waals surface area contributed by atoms with Gasteiger partial charge in [-0.05, 0) is 23.8 Å². The average molecular weight is 411 g/mol. The topological polar surface area (TPSA) is 60.7 Å². The maximum Gasteiger partial charge on any atom is 0.325 e. The maximum absolute atomic E-state index is 14.3. The van der Waals surface area contributed by atoms with Crippen LogP contribution in [0.3, 0.4) is 0 Å². The Morgan fingerprint density at radius 1 is 1.22 bits per heavy atom. The summed E-state index contributed by atoms with van der Waals surface area (Å²) in [4.78, 5) is 28.1. The van der Waals surface area contributed by atoms with Crippen LogP contribution < -0.4 is 4.80 Å². The molecule has 0 aliphatic carbocycles. The molecule has 0 unspecified atom stereocenters. The summed E-state index contributed by atoms with van der Waals surface area (Å²) in [6.45, 7) is -0.355. The molecule has 2 aromatic carbocycles. The molecule has 0 radical (unpaired) electrons. The van der Waals surface area contributed by atoms with Crippen LogP contribution in [0.5, 0.6) is 0 Å². The van der Waals surface area contributed by atoms with Gasteiger partial charge < -0.3 is 9.30 Å². The summed E-state index contributed by atoms with van der Waals surface area (Å²) in [6, 6.07) is 8.52. The van der Waals surface area contributed by atoms with Crippen LogP contribution in [0, 0.1) is 11.6 Å². The normalized spacial score (nSPS) is 11.8. The van der Waals surface area contributed by atoms with E-state index in [-0.39, 0.29) is 28.0 Å². The number of methoxy groups -OCH3 is 1. The van der Waals surface area contributed by atoms with Gasteiger partial charge in [0, 0.05) is 11.1 Å². The number of carbonyl (C=O) groups is 2. The number of hydrogen-bond donors (Lipinski definition) is 0. The number of halogens is 3. The van der Waals surface area contributed by atoms with Crippen LogP contribution in [-0.4, -0.2) is 23.6 Å². The summed E-state index contributed by atoms with van der Waals surface area (Å²) in [7, 11) is 1.19. The van der Waals surface area contributed by atoms with Crippen molar-refractivity contribution in [3.8, 4) is 0 Å². The Morgan fingerprint density at radius 3 is 2.59 bits per heavy atom. The molecule has 0 aliphatic rings. The highest BCUT2D eigenvalue weighted by Crippen LogP contribution is 2.22. The first-order chi connectivity index (χ1) is 12.9. The monoisotopic (exact) mass is 410 g/mol. The van der Waals surface area contributed by atoms with E-state index in [1.54, 1.807) is 24.3 Å². The number of rotatable bonds is 4. The molecule has 1 heterocycles. The van der Waals surface area contributed by atoms with Crippen molar-refractivity contribution in [2.75, 3.05) is 7.11 Å². The fourth-order valence-electron chi connectivity index (χ4n) is 2.48. The summed E-state index contributed by atoms with van der Waals surface area (Å²) in [5.74, 6) is -2.75. The molecule has 0 saturated carbocycles. The molecule has 0 spiro atoms. The van der Waals surface area contributed by atoms with Gasteiger partial charge in [0.1, 0.15) is 12.4 Å². The average Bonchev–Trinajstić information content (AvgIpc) is 2.93. The molecule has 0 N–H and O–H groups in total. The highest BCUT2D eigenvalue weighted by atomic mass is 35.5. The molecule has 9 heteroatoms. The van der Waals surface area contributed by atoms with E-state index >= 15 is 0 Å². The summed E-state index contributed by atoms with van der Waals surface area (Å²) in [5.41, 5.74) is 0.691. The van der Waals surface area contributed by atoms with E-state index in [0.717, 1.165) is 17.4 Å². The van der Waals surface area contributed by atoms with E-state index in [1.807, 2.05) is 0 Å². The van der Waals surface area contributed by atoms with E-state index in [1.165, 1.54) is 11.7 Å². The lowest BCUT2D eigenvalue weighted by atomic mass is 10.1. The van der Waals surface area contributed by atoms with Gasteiger partial charge in [0.15, 0.2) is 10.6 Å². The van der Waals surface area contributed by atoms with E-state index in [9.17, 15) is 18.4 Å². The van der Waals surface area contributed by atoms with Crippen molar-refractivity contribution in [3.05, 3.63) is 63.4 Å². The van der Waals surface area contributed by atoms with Crippen LogP contribution in [0.2, 0.25) is 5.02 Å². The number of aromatic nitrogens is 1. The fourth-order valence-corrected chi connectivity index (χ4v) is 3.69. The molecule has 140 valence electrons. The molecule has 1 aromatic heterocycles. The SMILES string of the molecule is COC(=O)Cn1c(=NC(=O)Cc2ccc(Cl)cc2)sc2cc(F)cc(F)c21. The van der Waals surface area contributed by atoms with Crippen molar-refractivity contribution >= 4 is 45.0 Å². The lowest BCUT2D eigenvalue weighted by Gasteiger charge is -2.04. The number of amides is 1. The van der Waals surface area contributed by atoms with Gasteiger partial charge in [0.05, 0.1) is 23.7 Å². The molecule has 0 atom stereocenters. The third-order valence-corrected chi connectivity index (χ3v) is 4.98. The van der Waals surface area contributed by atoms with Gasteiger partial charge in [-0.1, -0.05) is 35.1 Å². The third-order valence-electron chi connectivity index (χ3n) is 3.70. The van der Waals surface area contributed by atoms with E-state index in [0.29, 0.717) is 16.7 Å². The van der Waals surface area contributed by atoms with Crippen molar-refractivity contribution in [2.45, 2.75) is 13.0 Å². The van der Waals surface area contributed by atoms with Gasteiger partial charge in [-0.3, -0.25) is 9.59 Å². The lowest BCUT2D eigenvalue weighted by Crippen LogP contribution is -2.23. The predicted molar refractivity (Wildman–Crippen MR) is 97.5 cm³/mol.